The molecule has 0 saturated carbocycles. The summed E-state index contributed by atoms with van der Waals surface area (Å²) < 4.78 is 4.56. The smallest absolute Gasteiger partial charge is 0.468 e. The summed E-state index contributed by atoms with van der Waals surface area (Å²) in [6, 6.07) is 6.62. The van der Waals surface area contributed by atoms with Crippen molar-refractivity contribution in [3.63, 3.8) is 0 Å². The third-order valence-electron chi connectivity index (χ3n) is 3.27. The number of rotatable bonds is 9. The predicted molar refractivity (Wildman–Crippen MR) is 81.8 cm³/mol. The summed E-state index contributed by atoms with van der Waals surface area (Å²) in [5, 5.41) is 21.7. The second-order valence-electron chi connectivity index (χ2n) is 4.87. The Bertz CT molecular complexity index is 443. The second kappa shape index (κ2) is 9.52. The minimum Gasteiger partial charge on any atom is -0.468 e. The molecule has 0 bridgehead atoms. The topological polar surface area (TPSA) is 105 Å². The average Bonchev–Trinajstić information content (AvgIpc) is 2.49. The van der Waals surface area contributed by atoms with Gasteiger partial charge in [-0.1, -0.05) is 30.7 Å². The summed E-state index contributed by atoms with van der Waals surface area (Å²) in [4.78, 5) is 11.1. The van der Waals surface area contributed by atoms with Crippen molar-refractivity contribution in [2.45, 2.75) is 31.8 Å². The van der Waals surface area contributed by atoms with Crippen molar-refractivity contribution in [1.82, 2.24) is 5.32 Å². The minimum atomic E-state index is -1.46. The molecule has 0 radical (unpaired) electrons. The first-order chi connectivity index (χ1) is 10.1. The van der Waals surface area contributed by atoms with Crippen LogP contribution in [-0.4, -0.2) is 42.8 Å². The lowest BCUT2D eigenvalue weighted by Gasteiger charge is -2.11. The first-order valence-electron chi connectivity index (χ1n) is 7.04. The Morgan fingerprint density at radius 2 is 2.10 bits per heavy atom. The maximum Gasteiger partial charge on any atom is 0.488 e. The monoisotopic (exact) mass is 294 g/mol. The summed E-state index contributed by atoms with van der Waals surface area (Å²) in [6.07, 6.45) is 2.31. The van der Waals surface area contributed by atoms with Gasteiger partial charge in [-0.15, -0.1) is 0 Å². The summed E-state index contributed by atoms with van der Waals surface area (Å²) in [7, 11) is -0.127. The van der Waals surface area contributed by atoms with Crippen LogP contribution in [0.1, 0.15) is 24.8 Å². The molecule has 1 unspecified atom stereocenters. The molecule has 1 atom stereocenters. The Morgan fingerprint density at radius 1 is 1.38 bits per heavy atom. The molecule has 21 heavy (non-hydrogen) atoms. The van der Waals surface area contributed by atoms with Gasteiger partial charge in [-0.25, -0.2) is 0 Å². The third kappa shape index (κ3) is 6.26. The van der Waals surface area contributed by atoms with Crippen molar-refractivity contribution in [2.75, 3.05) is 13.7 Å². The highest BCUT2D eigenvalue weighted by Crippen LogP contribution is 2.01. The van der Waals surface area contributed by atoms with Gasteiger partial charge in [-0.05, 0) is 30.4 Å². The Hall–Kier alpha value is -1.41. The highest BCUT2D eigenvalue weighted by atomic mass is 16.5. The number of methoxy groups -OCH3 is 1. The van der Waals surface area contributed by atoms with Crippen molar-refractivity contribution < 1.29 is 19.6 Å². The number of unbranched alkanes of at least 4 members (excludes halogenated alkanes) is 1. The first kappa shape index (κ1) is 17.6. The van der Waals surface area contributed by atoms with Crippen LogP contribution in [0.25, 0.3) is 0 Å². The van der Waals surface area contributed by atoms with E-state index in [2.05, 4.69) is 10.1 Å². The number of hydrogen-bond donors (Lipinski definition) is 4. The second-order valence-corrected chi connectivity index (χ2v) is 4.87. The number of nitrogens with one attached hydrogen (secondary N) is 1. The minimum absolute atomic E-state index is 0.381. The molecule has 116 valence electrons. The Kier molecular flexibility index (Phi) is 8.00. The van der Waals surface area contributed by atoms with E-state index in [0.29, 0.717) is 18.4 Å². The van der Waals surface area contributed by atoms with Crippen LogP contribution in [0.2, 0.25) is 0 Å². The maximum atomic E-state index is 11.1. The molecule has 1 aromatic carbocycles. The molecule has 0 spiro atoms. The van der Waals surface area contributed by atoms with E-state index in [1.54, 1.807) is 12.1 Å². The molecular weight excluding hydrogens is 271 g/mol. The summed E-state index contributed by atoms with van der Waals surface area (Å²) in [5.41, 5.74) is 7.01. The number of ether oxygens (including phenoxy) is 1. The zero-order chi connectivity index (χ0) is 15.7. The van der Waals surface area contributed by atoms with Crippen LogP contribution in [0, 0.1) is 0 Å². The number of esters is 1. The van der Waals surface area contributed by atoms with Crippen molar-refractivity contribution >= 4 is 18.6 Å². The van der Waals surface area contributed by atoms with E-state index in [0.717, 1.165) is 24.9 Å². The normalized spacial score (nSPS) is 12.0. The average molecular weight is 294 g/mol. The zero-order valence-electron chi connectivity index (χ0n) is 12.3. The molecule has 1 aromatic rings. The molecule has 0 heterocycles. The van der Waals surface area contributed by atoms with E-state index in [4.69, 9.17) is 5.73 Å². The molecule has 7 heteroatoms. The van der Waals surface area contributed by atoms with Crippen LogP contribution < -0.4 is 16.5 Å². The fourth-order valence-corrected chi connectivity index (χ4v) is 2.05. The molecule has 5 N–H and O–H groups in total. The zero-order valence-corrected chi connectivity index (χ0v) is 12.3. The number of benzene rings is 1. The van der Waals surface area contributed by atoms with Crippen LogP contribution in [0.15, 0.2) is 24.3 Å². The highest BCUT2D eigenvalue weighted by Gasteiger charge is 2.15. The van der Waals surface area contributed by atoms with E-state index in [-0.39, 0.29) is 5.97 Å². The van der Waals surface area contributed by atoms with Crippen molar-refractivity contribution in [1.29, 1.82) is 0 Å². The Morgan fingerprint density at radius 3 is 2.76 bits per heavy atom. The number of carbonyl (C=O) groups excluding carboxylic acids is 1. The van der Waals surface area contributed by atoms with Gasteiger partial charge in [0.2, 0.25) is 0 Å². The number of nitrogens with two attached hydrogens (primary N) is 1. The number of carbonyl (C=O) groups is 1. The molecule has 0 amide bonds. The summed E-state index contributed by atoms with van der Waals surface area (Å²) >= 11 is 0. The lowest BCUT2D eigenvalue weighted by molar-refractivity contribution is -0.142. The van der Waals surface area contributed by atoms with E-state index < -0.39 is 13.2 Å². The van der Waals surface area contributed by atoms with Crippen LogP contribution >= 0.6 is 0 Å². The van der Waals surface area contributed by atoms with Crippen LogP contribution in [0.4, 0.5) is 0 Å². The molecule has 0 aromatic heterocycles. The van der Waals surface area contributed by atoms with E-state index in [1.165, 1.54) is 7.11 Å². The Balaban J connectivity index is 2.22. The first-order valence-corrected chi connectivity index (χ1v) is 7.04. The largest absolute Gasteiger partial charge is 0.488 e. The van der Waals surface area contributed by atoms with Gasteiger partial charge in [0.1, 0.15) is 6.04 Å². The molecule has 1 rings (SSSR count). The fraction of sp³-hybridized carbons (Fsp3) is 0.500. The third-order valence-corrected chi connectivity index (χ3v) is 3.27. The Labute approximate surface area is 125 Å². The SMILES string of the molecule is COC(=O)C(N)CCCCNCc1ccccc1B(O)O. The van der Waals surface area contributed by atoms with Crippen LogP contribution in [0.3, 0.4) is 0 Å². The van der Waals surface area contributed by atoms with Gasteiger partial charge in [0, 0.05) is 6.54 Å². The van der Waals surface area contributed by atoms with E-state index >= 15 is 0 Å². The predicted octanol–water partition coefficient (Wildman–Crippen LogP) is -0.873. The molecule has 0 aliphatic rings. The molecule has 0 saturated heterocycles. The molecule has 0 aliphatic carbocycles. The van der Waals surface area contributed by atoms with Gasteiger partial charge in [-0.3, -0.25) is 4.79 Å². The standard InChI is InChI=1S/C14H23BN2O4/c1-21-14(18)13(16)8-4-5-9-17-10-11-6-2-3-7-12(11)15(19)20/h2-3,6-7,13,17,19-20H,4-5,8-10,16H2,1H3. The van der Waals surface area contributed by atoms with Crippen LogP contribution in [0.5, 0.6) is 0 Å². The maximum absolute atomic E-state index is 11.1. The number of hydrogen-bond acceptors (Lipinski definition) is 6. The van der Waals surface area contributed by atoms with Gasteiger partial charge >= 0.3 is 13.1 Å². The van der Waals surface area contributed by atoms with Gasteiger partial charge in [0.25, 0.3) is 0 Å². The van der Waals surface area contributed by atoms with Gasteiger partial charge < -0.3 is 25.8 Å². The highest BCUT2D eigenvalue weighted by molar-refractivity contribution is 6.59. The lowest BCUT2D eigenvalue weighted by Crippen LogP contribution is -2.34. The van der Waals surface area contributed by atoms with E-state index in [1.807, 2.05) is 12.1 Å². The fourth-order valence-electron chi connectivity index (χ4n) is 2.05. The van der Waals surface area contributed by atoms with Gasteiger partial charge in [0.05, 0.1) is 7.11 Å². The molecule has 0 fully saturated rings. The van der Waals surface area contributed by atoms with Crippen molar-refractivity contribution in [3.05, 3.63) is 29.8 Å². The van der Waals surface area contributed by atoms with Crippen molar-refractivity contribution in [2.24, 2.45) is 5.73 Å². The molecule has 0 aliphatic heterocycles. The van der Waals surface area contributed by atoms with Crippen LogP contribution in [-0.2, 0) is 16.1 Å². The quantitative estimate of drug-likeness (QED) is 0.268. The van der Waals surface area contributed by atoms with Gasteiger partial charge in [-0.2, -0.15) is 0 Å². The lowest BCUT2D eigenvalue weighted by atomic mass is 9.77. The molecule has 6 nitrogen and oxygen atoms in total. The summed E-state index contributed by atoms with van der Waals surface area (Å²) in [5.74, 6) is -0.381. The van der Waals surface area contributed by atoms with Gasteiger partial charge in [0.15, 0.2) is 0 Å². The summed E-state index contributed by atoms with van der Waals surface area (Å²) in [6.45, 7) is 1.33. The van der Waals surface area contributed by atoms with Crippen molar-refractivity contribution in [3.8, 4) is 0 Å². The van der Waals surface area contributed by atoms with E-state index in [9.17, 15) is 14.8 Å². The molecular formula is C14H23BN2O4.